The zero-order valence-electron chi connectivity index (χ0n) is 11.7. The van der Waals surface area contributed by atoms with E-state index >= 15 is 0 Å². The molecule has 12 nitrogen and oxygen atoms in total. The predicted octanol–water partition coefficient (Wildman–Crippen LogP) is -2.73. The first-order valence-electron chi connectivity index (χ1n) is 6.36. The van der Waals surface area contributed by atoms with E-state index in [1.54, 1.807) is 0 Å². The standard InChI is InChI=1S/C10H16N5O7P/c11-9(12)13-7-1-2-15(10(17)14-7)8-3-5(16)6(22-8)4-21-23(18,19)20/h1-2,5-6,8,16H,3-4H2,(H2,18,19,20)(H4,11,12,13,14,17)/p-1/t5?,6-,8-/m1/s1. The SMILES string of the molecule is NC(N)=Nc1ccn([C@H]2CC(O)[C@@H](COP(=O)([O-])O)O2)c(=O)n1. The number of aliphatic hydroxyl groups excluding tert-OH is 1. The molecule has 13 heteroatoms. The first-order valence-corrected chi connectivity index (χ1v) is 7.86. The van der Waals surface area contributed by atoms with E-state index in [9.17, 15) is 19.4 Å². The van der Waals surface area contributed by atoms with Gasteiger partial charge in [0, 0.05) is 12.6 Å². The third kappa shape index (κ3) is 4.82. The summed E-state index contributed by atoms with van der Waals surface area (Å²) < 4.78 is 21.2. The van der Waals surface area contributed by atoms with Crippen molar-refractivity contribution in [1.29, 1.82) is 0 Å². The molecule has 1 aliphatic rings. The molecule has 0 bridgehead atoms. The van der Waals surface area contributed by atoms with Gasteiger partial charge < -0.3 is 35.6 Å². The van der Waals surface area contributed by atoms with Crippen molar-refractivity contribution in [2.45, 2.75) is 24.9 Å². The minimum Gasteiger partial charge on any atom is -0.756 e. The summed E-state index contributed by atoms with van der Waals surface area (Å²) in [4.78, 5) is 38.2. The van der Waals surface area contributed by atoms with Crippen LogP contribution in [-0.2, 0) is 13.8 Å². The molecule has 1 saturated heterocycles. The van der Waals surface area contributed by atoms with Gasteiger partial charge in [-0.05, 0) is 6.07 Å². The van der Waals surface area contributed by atoms with Crippen molar-refractivity contribution in [3.05, 3.63) is 22.7 Å². The first-order chi connectivity index (χ1) is 10.7. The molecule has 0 amide bonds. The molecule has 0 saturated carbocycles. The summed E-state index contributed by atoms with van der Waals surface area (Å²) in [6, 6.07) is 1.36. The number of nitrogens with two attached hydrogens (primary N) is 2. The van der Waals surface area contributed by atoms with E-state index in [0.29, 0.717) is 0 Å². The van der Waals surface area contributed by atoms with Crippen LogP contribution >= 0.6 is 7.82 Å². The van der Waals surface area contributed by atoms with Crippen LogP contribution in [-0.4, -0.2) is 44.3 Å². The Hall–Kier alpha value is -1.82. The van der Waals surface area contributed by atoms with Crippen LogP contribution in [0, 0.1) is 0 Å². The van der Waals surface area contributed by atoms with Crippen LogP contribution in [0.4, 0.5) is 5.82 Å². The molecule has 2 heterocycles. The van der Waals surface area contributed by atoms with Gasteiger partial charge in [-0.25, -0.2) is 4.79 Å². The lowest BCUT2D eigenvalue weighted by molar-refractivity contribution is -0.222. The molecule has 1 fully saturated rings. The molecule has 23 heavy (non-hydrogen) atoms. The zero-order chi connectivity index (χ0) is 17.2. The Morgan fingerprint density at radius 2 is 2.35 bits per heavy atom. The van der Waals surface area contributed by atoms with Crippen LogP contribution in [0.1, 0.15) is 12.6 Å². The lowest BCUT2D eigenvalue weighted by Gasteiger charge is -2.20. The third-order valence-electron chi connectivity index (χ3n) is 2.98. The maximum Gasteiger partial charge on any atom is 0.351 e. The molecule has 0 aliphatic carbocycles. The second kappa shape index (κ2) is 6.74. The van der Waals surface area contributed by atoms with Crippen molar-refractivity contribution < 1.29 is 28.7 Å². The molecule has 2 rings (SSSR count). The van der Waals surface area contributed by atoms with Gasteiger partial charge in [0.2, 0.25) is 0 Å². The molecule has 1 aliphatic heterocycles. The summed E-state index contributed by atoms with van der Waals surface area (Å²) in [5, 5.41) is 9.81. The van der Waals surface area contributed by atoms with E-state index < -0.39 is 38.6 Å². The van der Waals surface area contributed by atoms with Gasteiger partial charge in [0.25, 0.3) is 7.82 Å². The molecule has 4 atom stereocenters. The number of nitrogens with zero attached hydrogens (tertiary/aromatic N) is 3. The highest BCUT2D eigenvalue weighted by Crippen LogP contribution is 2.34. The maximum absolute atomic E-state index is 11.9. The average Bonchev–Trinajstić information content (AvgIpc) is 2.76. The highest BCUT2D eigenvalue weighted by atomic mass is 31.2. The summed E-state index contributed by atoms with van der Waals surface area (Å²) >= 11 is 0. The van der Waals surface area contributed by atoms with Gasteiger partial charge in [-0.3, -0.25) is 9.13 Å². The van der Waals surface area contributed by atoms with E-state index in [2.05, 4.69) is 14.5 Å². The molecular weight excluding hydrogens is 333 g/mol. The monoisotopic (exact) mass is 348 g/mol. The summed E-state index contributed by atoms with van der Waals surface area (Å²) in [7, 11) is -4.93. The Morgan fingerprint density at radius 1 is 1.65 bits per heavy atom. The normalized spacial score (nSPS) is 26.7. The summed E-state index contributed by atoms with van der Waals surface area (Å²) in [5.74, 6) is -0.247. The minimum atomic E-state index is -4.93. The van der Waals surface area contributed by atoms with E-state index in [-0.39, 0.29) is 18.2 Å². The van der Waals surface area contributed by atoms with E-state index in [0.717, 1.165) is 4.57 Å². The number of aromatic nitrogens is 2. The Kier molecular flexibility index (Phi) is 5.14. The second-order valence-corrected chi connectivity index (χ2v) is 5.90. The number of aliphatic hydroxyl groups is 1. The third-order valence-corrected chi connectivity index (χ3v) is 3.45. The lowest BCUT2D eigenvalue weighted by Crippen LogP contribution is -2.28. The predicted molar refractivity (Wildman–Crippen MR) is 74.3 cm³/mol. The number of aliphatic imine (C=N–C) groups is 1. The summed E-state index contributed by atoms with van der Waals surface area (Å²) in [6.45, 7) is -0.580. The Balaban J connectivity index is 2.10. The summed E-state index contributed by atoms with van der Waals surface area (Å²) in [5.41, 5.74) is 9.64. The van der Waals surface area contributed by atoms with Crippen LogP contribution < -0.4 is 22.1 Å². The van der Waals surface area contributed by atoms with Gasteiger partial charge in [0.05, 0.1) is 12.7 Å². The van der Waals surface area contributed by atoms with Crippen LogP contribution in [0.2, 0.25) is 0 Å². The van der Waals surface area contributed by atoms with Crippen molar-refractivity contribution in [2.24, 2.45) is 16.5 Å². The van der Waals surface area contributed by atoms with E-state index in [1.807, 2.05) is 0 Å². The van der Waals surface area contributed by atoms with Crippen molar-refractivity contribution in [3.8, 4) is 0 Å². The minimum absolute atomic E-state index is 0.00580. The first kappa shape index (κ1) is 17.5. The van der Waals surface area contributed by atoms with Gasteiger partial charge in [-0.1, -0.05) is 0 Å². The van der Waals surface area contributed by atoms with Crippen molar-refractivity contribution in [3.63, 3.8) is 0 Å². The van der Waals surface area contributed by atoms with Crippen molar-refractivity contribution >= 4 is 19.6 Å². The maximum atomic E-state index is 11.9. The lowest BCUT2D eigenvalue weighted by atomic mass is 10.2. The Labute approximate surface area is 129 Å². The molecule has 1 aromatic heterocycles. The molecule has 128 valence electrons. The fraction of sp³-hybridized carbons (Fsp3) is 0.500. The van der Waals surface area contributed by atoms with Crippen molar-refractivity contribution in [2.75, 3.05) is 6.61 Å². The smallest absolute Gasteiger partial charge is 0.351 e. The fourth-order valence-corrected chi connectivity index (χ4v) is 2.36. The van der Waals surface area contributed by atoms with E-state index in [4.69, 9.17) is 21.1 Å². The largest absolute Gasteiger partial charge is 0.756 e. The molecule has 0 spiro atoms. The topological polar surface area (TPSA) is 198 Å². The van der Waals surface area contributed by atoms with Crippen LogP contribution in [0.5, 0.6) is 0 Å². The second-order valence-electron chi connectivity index (χ2n) is 4.71. The Morgan fingerprint density at radius 3 is 2.91 bits per heavy atom. The molecule has 1 aromatic rings. The Bertz CT molecular complexity index is 697. The highest BCUT2D eigenvalue weighted by molar-refractivity contribution is 7.44. The molecule has 2 unspecified atom stereocenters. The number of rotatable bonds is 5. The summed E-state index contributed by atoms with van der Waals surface area (Å²) in [6.07, 6.45) is -1.67. The number of ether oxygens (including phenoxy) is 1. The van der Waals surface area contributed by atoms with Crippen LogP contribution in [0.25, 0.3) is 0 Å². The van der Waals surface area contributed by atoms with Gasteiger partial charge in [0.1, 0.15) is 12.3 Å². The highest BCUT2D eigenvalue weighted by Gasteiger charge is 2.36. The number of hydrogen-bond acceptors (Lipinski definition) is 8. The van der Waals surface area contributed by atoms with Gasteiger partial charge in [0.15, 0.2) is 11.8 Å². The quantitative estimate of drug-likeness (QED) is 0.246. The zero-order valence-corrected chi connectivity index (χ0v) is 12.6. The van der Waals surface area contributed by atoms with Gasteiger partial charge in [-0.15, -0.1) is 0 Å². The van der Waals surface area contributed by atoms with Gasteiger partial charge in [-0.2, -0.15) is 9.98 Å². The van der Waals surface area contributed by atoms with Crippen molar-refractivity contribution in [1.82, 2.24) is 9.55 Å². The number of hydrogen-bond donors (Lipinski definition) is 4. The number of phosphoric ester groups is 1. The molecule has 0 aromatic carbocycles. The number of phosphoric acid groups is 1. The molecule has 0 radical (unpaired) electrons. The van der Waals surface area contributed by atoms with Gasteiger partial charge >= 0.3 is 5.69 Å². The van der Waals surface area contributed by atoms with Crippen LogP contribution in [0.15, 0.2) is 22.1 Å². The fourth-order valence-electron chi connectivity index (χ4n) is 2.02. The molecule has 6 N–H and O–H groups in total. The number of guanidine groups is 1. The average molecular weight is 348 g/mol. The van der Waals surface area contributed by atoms with E-state index in [1.165, 1.54) is 12.3 Å². The molecular formula is C10H15N5O7P-. The van der Waals surface area contributed by atoms with Crippen LogP contribution in [0.3, 0.4) is 0 Å².